The first-order valence-electron chi connectivity index (χ1n) is 11.8. The normalized spacial score (nSPS) is 19.1. The van der Waals surface area contributed by atoms with Crippen LogP contribution in [0.4, 0.5) is 10.1 Å². The van der Waals surface area contributed by atoms with E-state index in [2.05, 4.69) is 10.3 Å². The van der Waals surface area contributed by atoms with Crippen molar-refractivity contribution in [3.8, 4) is 0 Å². The number of carbonyl (C=O) groups excluding carboxylic acids is 2. The van der Waals surface area contributed by atoms with E-state index in [1.807, 2.05) is 44.2 Å². The molecule has 188 valence electrons. The van der Waals surface area contributed by atoms with Gasteiger partial charge in [-0.2, -0.15) is 10.1 Å². The third-order valence-electron chi connectivity index (χ3n) is 6.43. The predicted molar refractivity (Wildman–Crippen MR) is 147 cm³/mol. The van der Waals surface area contributed by atoms with Crippen LogP contribution in [0.1, 0.15) is 41.1 Å². The Morgan fingerprint density at radius 3 is 2.51 bits per heavy atom. The summed E-state index contributed by atoms with van der Waals surface area (Å²) >= 11 is 7.33. The zero-order chi connectivity index (χ0) is 26.1. The minimum atomic E-state index is -0.641. The Labute approximate surface area is 223 Å². The number of anilines is 1. The third kappa shape index (κ3) is 5.60. The number of aryl methyl sites for hydroxylation is 2. The topological polar surface area (TPSA) is 74.1 Å². The van der Waals surface area contributed by atoms with Crippen molar-refractivity contribution >= 4 is 51.7 Å². The Morgan fingerprint density at radius 2 is 1.81 bits per heavy atom. The molecule has 0 aliphatic carbocycles. The Hall–Kier alpha value is -3.49. The second-order valence-corrected chi connectivity index (χ2v) is 10.7. The number of rotatable bonds is 5. The molecule has 2 aliphatic heterocycles. The summed E-state index contributed by atoms with van der Waals surface area (Å²) in [5.74, 6) is -0.941. The zero-order valence-electron chi connectivity index (χ0n) is 20.2. The average molecular weight is 535 g/mol. The van der Waals surface area contributed by atoms with Gasteiger partial charge in [-0.15, -0.1) is 0 Å². The number of hydrogen-bond donors (Lipinski definition) is 1. The molecule has 1 N–H and O–H groups in total. The molecule has 0 unspecified atom stereocenters. The largest absolute Gasteiger partial charge is 0.326 e. The van der Waals surface area contributed by atoms with Gasteiger partial charge < -0.3 is 5.32 Å². The van der Waals surface area contributed by atoms with Gasteiger partial charge in [0, 0.05) is 23.6 Å². The Kier molecular flexibility index (Phi) is 7.13. The Bertz CT molecular complexity index is 1420. The van der Waals surface area contributed by atoms with Gasteiger partial charge in [0.05, 0.1) is 11.8 Å². The van der Waals surface area contributed by atoms with Crippen molar-refractivity contribution in [2.75, 3.05) is 5.32 Å². The summed E-state index contributed by atoms with van der Waals surface area (Å²) in [6, 6.07) is 19.1. The fourth-order valence-corrected chi connectivity index (χ4v) is 5.44. The summed E-state index contributed by atoms with van der Waals surface area (Å²) in [6.07, 6.45) is 0.538. The number of thioether (sulfide) groups is 1. The first kappa shape index (κ1) is 25.2. The Balaban J connectivity index is 1.34. The molecule has 0 spiro atoms. The van der Waals surface area contributed by atoms with Crippen molar-refractivity contribution in [3.63, 3.8) is 0 Å². The molecule has 2 atom stereocenters. The first-order chi connectivity index (χ1) is 17.8. The van der Waals surface area contributed by atoms with Crippen LogP contribution in [0.3, 0.4) is 0 Å². The van der Waals surface area contributed by atoms with Crippen LogP contribution in [-0.4, -0.2) is 33.0 Å². The van der Waals surface area contributed by atoms with E-state index in [-0.39, 0.29) is 30.1 Å². The highest BCUT2D eigenvalue weighted by Crippen LogP contribution is 2.39. The second-order valence-electron chi connectivity index (χ2n) is 9.06. The van der Waals surface area contributed by atoms with Crippen molar-refractivity contribution < 1.29 is 14.0 Å². The summed E-state index contributed by atoms with van der Waals surface area (Å²) in [7, 11) is 0. The van der Waals surface area contributed by atoms with Gasteiger partial charge in [-0.3, -0.25) is 9.59 Å². The van der Waals surface area contributed by atoms with E-state index in [0.29, 0.717) is 22.3 Å². The van der Waals surface area contributed by atoms with Gasteiger partial charge >= 0.3 is 0 Å². The number of halogens is 2. The van der Waals surface area contributed by atoms with Gasteiger partial charge in [0.15, 0.2) is 5.17 Å². The fraction of sp³-hybridized carbons (Fsp3) is 0.214. The molecule has 0 saturated carbocycles. The van der Waals surface area contributed by atoms with E-state index in [1.54, 1.807) is 29.3 Å². The van der Waals surface area contributed by atoms with E-state index in [0.717, 1.165) is 28.0 Å². The lowest BCUT2D eigenvalue weighted by Gasteiger charge is -2.23. The van der Waals surface area contributed by atoms with Crippen molar-refractivity contribution in [3.05, 3.63) is 99.8 Å². The molecule has 0 aromatic heterocycles. The summed E-state index contributed by atoms with van der Waals surface area (Å²) in [6.45, 7) is 3.99. The molecule has 6 nitrogen and oxygen atoms in total. The first-order valence-corrected chi connectivity index (χ1v) is 13.1. The number of aliphatic imine (C=N–C) groups is 1. The summed E-state index contributed by atoms with van der Waals surface area (Å²) < 4.78 is 13.5. The minimum absolute atomic E-state index is 0.00257. The maximum atomic E-state index is 13.5. The molecule has 3 aromatic rings. The smallest absolute Gasteiger partial charge is 0.262 e. The van der Waals surface area contributed by atoms with Gasteiger partial charge in [-0.1, -0.05) is 53.7 Å². The lowest BCUT2D eigenvalue weighted by atomic mass is 9.99. The maximum Gasteiger partial charge on any atom is 0.262 e. The fourth-order valence-electron chi connectivity index (χ4n) is 4.25. The van der Waals surface area contributed by atoms with Crippen LogP contribution in [-0.2, 0) is 9.59 Å². The Morgan fingerprint density at radius 1 is 1.08 bits per heavy atom. The number of nitrogens with one attached hydrogen (secondary N) is 1. The van der Waals surface area contributed by atoms with E-state index >= 15 is 0 Å². The van der Waals surface area contributed by atoms with Crippen LogP contribution >= 0.6 is 23.4 Å². The molecule has 9 heteroatoms. The number of benzene rings is 3. The van der Waals surface area contributed by atoms with Crippen molar-refractivity contribution in [1.82, 2.24) is 5.01 Å². The predicted octanol–water partition coefficient (Wildman–Crippen LogP) is 6.27. The van der Waals surface area contributed by atoms with Crippen LogP contribution in [0.5, 0.6) is 0 Å². The molecule has 37 heavy (non-hydrogen) atoms. The zero-order valence-corrected chi connectivity index (χ0v) is 21.8. The maximum absolute atomic E-state index is 13.5. The molecule has 0 saturated heterocycles. The standard InChI is InChI=1S/C28H24ClFN4O2S/c1-16-3-12-22(13-17(16)2)31-26(35)15-25-27(36)32-28(37-25)34-24(19-4-8-20(29)9-5-19)14-23(33-34)18-6-10-21(30)11-7-18/h3-13,24-25H,14-15H2,1-2H3,(H,31,35)/t24-,25+/m0/s1. The highest BCUT2D eigenvalue weighted by atomic mass is 35.5. The molecular formula is C28H24ClFN4O2S. The average Bonchev–Trinajstić information content (AvgIpc) is 3.46. The van der Waals surface area contributed by atoms with Crippen LogP contribution in [0, 0.1) is 19.7 Å². The highest BCUT2D eigenvalue weighted by molar-refractivity contribution is 8.15. The van der Waals surface area contributed by atoms with Crippen LogP contribution in [0.15, 0.2) is 76.8 Å². The number of nitrogens with zero attached hydrogens (tertiary/aromatic N) is 3. The van der Waals surface area contributed by atoms with Crippen LogP contribution in [0.25, 0.3) is 0 Å². The SMILES string of the molecule is Cc1ccc(NC(=O)C[C@H]2SC(N3N=C(c4ccc(F)cc4)C[C@H]3c3ccc(Cl)cc3)=NC2=O)cc1C. The van der Waals surface area contributed by atoms with Crippen LogP contribution < -0.4 is 5.32 Å². The molecule has 5 rings (SSSR count). The highest BCUT2D eigenvalue weighted by Gasteiger charge is 2.39. The molecular weight excluding hydrogens is 511 g/mol. The molecule has 2 heterocycles. The van der Waals surface area contributed by atoms with Crippen molar-refractivity contribution in [2.45, 2.75) is 38.0 Å². The quantitative estimate of drug-likeness (QED) is 0.418. The van der Waals surface area contributed by atoms with E-state index < -0.39 is 5.25 Å². The number of hydrogen-bond acceptors (Lipinski definition) is 5. The van der Waals surface area contributed by atoms with Gasteiger partial charge in [-0.25, -0.2) is 9.40 Å². The monoisotopic (exact) mass is 534 g/mol. The molecule has 2 amide bonds. The minimum Gasteiger partial charge on any atom is -0.326 e. The molecule has 0 radical (unpaired) electrons. The molecule has 0 bridgehead atoms. The van der Waals surface area contributed by atoms with Gasteiger partial charge in [0.2, 0.25) is 5.91 Å². The van der Waals surface area contributed by atoms with Gasteiger partial charge in [-0.05, 0) is 72.5 Å². The summed E-state index contributed by atoms with van der Waals surface area (Å²) in [4.78, 5) is 29.8. The number of hydrazone groups is 1. The summed E-state index contributed by atoms with van der Waals surface area (Å²) in [5.41, 5.74) is 5.41. The lowest BCUT2D eigenvalue weighted by molar-refractivity contribution is -0.121. The second kappa shape index (κ2) is 10.5. The van der Waals surface area contributed by atoms with Crippen LogP contribution in [0.2, 0.25) is 5.02 Å². The van der Waals surface area contributed by atoms with E-state index in [1.165, 1.54) is 23.9 Å². The van der Waals surface area contributed by atoms with E-state index in [9.17, 15) is 14.0 Å². The molecule has 2 aliphatic rings. The molecule has 0 fully saturated rings. The number of amidine groups is 1. The third-order valence-corrected chi connectivity index (χ3v) is 7.82. The van der Waals surface area contributed by atoms with E-state index in [4.69, 9.17) is 16.7 Å². The van der Waals surface area contributed by atoms with Gasteiger partial charge in [0.1, 0.15) is 11.1 Å². The number of carbonyl (C=O) groups is 2. The van der Waals surface area contributed by atoms with Crippen molar-refractivity contribution in [2.24, 2.45) is 10.1 Å². The lowest BCUT2D eigenvalue weighted by Crippen LogP contribution is -2.25. The van der Waals surface area contributed by atoms with Gasteiger partial charge in [0.25, 0.3) is 5.91 Å². The number of amides is 2. The molecule has 3 aromatic carbocycles. The summed E-state index contributed by atoms with van der Waals surface area (Å²) in [5, 5.41) is 9.79. The van der Waals surface area contributed by atoms with Crippen molar-refractivity contribution in [1.29, 1.82) is 0 Å².